The van der Waals surface area contributed by atoms with E-state index in [1.54, 1.807) is 0 Å². The van der Waals surface area contributed by atoms with Gasteiger partial charge in [-0.3, -0.25) is 4.90 Å². The number of para-hydroxylation sites is 1. The predicted molar refractivity (Wildman–Crippen MR) is 112 cm³/mol. The average Bonchev–Trinajstić information content (AvgIpc) is 3.25. The van der Waals surface area contributed by atoms with Gasteiger partial charge in [0.05, 0.1) is 0 Å². The highest BCUT2D eigenvalue weighted by molar-refractivity contribution is 5.85. The number of piperidine rings is 1. The Bertz CT molecular complexity index is 579. The number of halogens is 1. The van der Waals surface area contributed by atoms with E-state index < -0.39 is 0 Å². The zero-order valence-corrected chi connectivity index (χ0v) is 17.2. The third-order valence-corrected chi connectivity index (χ3v) is 6.85. The molecule has 1 unspecified atom stereocenters. The van der Waals surface area contributed by atoms with Gasteiger partial charge in [-0.2, -0.15) is 0 Å². The highest BCUT2D eigenvalue weighted by Gasteiger charge is 2.40. The molecule has 0 bridgehead atoms. The van der Waals surface area contributed by atoms with Crippen LogP contribution < -0.4 is 10.2 Å². The molecule has 0 radical (unpaired) electrons. The number of nitrogens with zero attached hydrogens (tertiary/aromatic N) is 3. The standard InChI is InChI=1S/C21H34N4.ClH/c1-23-12-7-19(8-13-23)24(2)20-6-4-3-5-18(20)15-25-14-10-21(17-25)9-11-22-16-21;/h3-6,19,22H,7-17H2,1-2H3;1H. The Hall–Kier alpha value is -0.810. The second-order valence-electron chi connectivity index (χ2n) is 8.66. The maximum atomic E-state index is 3.58. The molecule has 1 atom stereocenters. The van der Waals surface area contributed by atoms with Crippen molar-refractivity contribution in [3.05, 3.63) is 29.8 Å². The Kier molecular flexibility index (Phi) is 6.50. The Morgan fingerprint density at radius 1 is 1.15 bits per heavy atom. The SMILES string of the molecule is CN1CCC(N(C)c2ccccc2CN2CCC3(CCNC3)C2)CC1.Cl. The predicted octanol–water partition coefficient (Wildman–Crippen LogP) is 2.82. The molecule has 3 heterocycles. The molecule has 1 aromatic carbocycles. The van der Waals surface area contributed by atoms with Gasteiger partial charge in [0.25, 0.3) is 0 Å². The van der Waals surface area contributed by atoms with E-state index in [0.29, 0.717) is 11.5 Å². The van der Waals surface area contributed by atoms with E-state index in [4.69, 9.17) is 0 Å². The Morgan fingerprint density at radius 3 is 2.65 bits per heavy atom. The molecule has 3 aliphatic heterocycles. The molecule has 5 heteroatoms. The topological polar surface area (TPSA) is 21.8 Å². The summed E-state index contributed by atoms with van der Waals surface area (Å²) in [6.07, 6.45) is 5.28. The van der Waals surface area contributed by atoms with Gasteiger partial charge in [0.2, 0.25) is 0 Å². The lowest BCUT2D eigenvalue weighted by molar-refractivity contribution is 0.251. The molecule has 0 amide bonds. The van der Waals surface area contributed by atoms with Gasteiger partial charge < -0.3 is 15.1 Å². The van der Waals surface area contributed by atoms with Crippen molar-refractivity contribution in [1.82, 2.24) is 15.1 Å². The number of hydrogen-bond donors (Lipinski definition) is 1. The van der Waals surface area contributed by atoms with E-state index >= 15 is 0 Å². The lowest BCUT2D eigenvalue weighted by Gasteiger charge is -2.37. The van der Waals surface area contributed by atoms with Crippen LogP contribution in [0.3, 0.4) is 0 Å². The van der Waals surface area contributed by atoms with E-state index in [1.807, 2.05) is 0 Å². The lowest BCUT2D eigenvalue weighted by Crippen LogP contribution is -2.42. The molecule has 3 aliphatic rings. The number of anilines is 1. The van der Waals surface area contributed by atoms with E-state index in [1.165, 1.54) is 76.2 Å². The summed E-state index contributed by atoms with van der Waals surface area (Å²) >= 11 is 0. The summed E-state index contributed by atoms with van der Waals surface area (Å²) in [7, 11) is 4.55. The quantitative estimate of drug-likeness (QED) is 0.869. The molecular formula is C21H35ClN4. The Balaban J connectivity index is 0.00000196. The van der Waals surface area contributed by atoms with Crippen LogP contribution in [0.1, 0.15) is 31.2 Å². The normalized spacial score (nSPS) is 27.8. The monoisotopic (exact) mass is 378 g/mol. The minimum atomic E-state index is 0. The largest absolute Gasteiger partial charge is 0.371 e. The molecule has 3 saturated heterocycles. The van der Waals surface area contributed by atoms with Crippen LogP contribution in [0.25, 0.3) is 0 Å². The molecule has 1 spiro atoms. The van der Waals surface area contributed by atoms with Crippen LogP contribution in [0.15, 0.2) is 24.3 Å². The third-order valence-electron chi connectivity index (χ3n) is 6.85. The summed E-state index contributed by atoms with van der Waals surface area (Å²) in [5, 5.41) is 3.58. The minimum absolute atomic E-state index is 0. The third kappa shape index (κ3) is 4.19. The molecule has 4 nitrogen and oxygen atoms in total. The molecule has 0 aliphatic carbocycles. The van der Waals surface area contributed by atoms with Crippen molar-refractivity contribution in [3.8, 4) is 0 Å². The summed E-state index contributed by atoms with van der Waals surface area (Å²) in [5.74, 6) is 0. The van der Waals surface area contributed by atoms with Gasteiger partial charge >= 0.3 is 0 Å². The fourth-order valence-corrected chi connectivity index (χ4v) is 5.12. The van der Waals surface area contributed by atoms with Crippen molar-refractivity contribution < 1.29 is 0 Å². The van der Waals surface area contributed by atoms with Crippen molar-refractivity contribution in [2.75, 3.05) is 58.3 Å². The molecule has 146 valence electrons. The van der Waals surface area contributed by atoms with Crippen LogP contribution >= 0.6 is 12.4 Å². The Labute approximate surface area is 165 Å². The average molecular weight is 379 g/mol. The summed E-state index contributed by atoms with van der Waals surface area (Å²) in [6.45, 7) is 8.51. The first-order valence-electron chi connectivity index (χ1n) is 10.1. The van der Waals surface area contributed by atoms with Crippen LogP contribution in [0.2, 0.25) is 0 Å². The van der Waals surface area contributed by atoms with Gasteiger partial charge in [0.15, 0.2) is 0 Å². The Morgan fingerprint density at radius 2 is 1.92 bits per heavy atom. The first kappa shape index (κ1) is 19.9. The fraction of sp³-hybridized carbons (Fsp3) is 0.714. The first-order chi connectivity index (χ1) is 12.2. The molecule has 4 rings (SSSR count). The molecular weight excluding hydrogens is 344 g/mol. The van der Waals surface area contributed by atoms with Gasteiger partial charge in [-0.25, -0.2) is 0 Å². The number of nitrogens with one attached hydrogen (secondary N) is 1. The number of benzene rings is 1. The number of rotatable bonds is 4. The zero-order chi connectivity index (χ0) is 17.3. The van der Waals surface area contributed by atoms with Crippen molar-refractivity contribution in [1.29, 1.82) is 0 Å². The van der Waals surface area contributed by atoms with Crippen LogP contribution in [0.4, 0.5) is 5.69 Å². The van der Waals surface area contributed by atoms with Crippen LogP contribution in [-0.4, -0.2) is 69.2 Å². The highest BCUT2D eigenvalue weighted by Crippen LogP contribution is 2.37. The van der Waals surface area contributed by atoms with E-state index in [2.05, 4.69) is 58.4 Å². The van der Waals surface area contributed by atoms with E-state index in [-0.39, 0.29) is 12.4 Å². The van der Waals surface area contributed by atoms with Gasteiger partial charge in [0.1, 0.15) is 0 Å². The van der Waals surface area contributed by atoms with Crippen molar-refractivity contribution in [3.63, 3.8) is 0 Å². The lowest BCUT2D eigenvalue weighted by atomic mass is 9.86. The molecule has 0 saturated carbocycles. The number of hydrogen-bond acceptors (Lipinski definition) is 4. The molecule has 1 N–H and O–H groups in total. The molecule has 26 heavy (non-hydrogen) atoms. The second-order valence-corrected chi connectivity index (χ2v) is 8.66. The summed E-state index contributed by atoms with van der Waals surface area (Å²) in [5.41, 5.74) is 3.52. The molecule has 0 aromatic heterocycles. The first-order valence-corrected chi connectivity index (χ1v) is 10.1. The summed E-state index contributed by atoms with van der Waals surface area (Å²) < 4.78 is 0. The van der Waals surface area contributed by atoms with Gasteiger partial charge in [0, 0.05) is 38.4 Å². The van der Waals surface area contributed by atoms with Gasteiger partial charge in [-0.1, -0.05) is 18.2 Å². The second kappa shape index (κ2) is 8.47. The highest BCUT2D eigenvalue weighted by atomic mass is 35.5. The maximum Gasteiger partial charge on any atom is 0.0411 e. The zero-order valence-electron chi connectivity index (χ0n) is 16.4. The summed E-state index contributed by atoms with van der Waals surface area (Å²) in [6, 6.07) is 9.78. The van der Waals surface area contributed by atoms with Crippen LogP contribution in [-0.2, 0) is 6.54 Å². The van der Waals surface area contributed by atoms with Crippen molar-refractivity contribution in [2.45, 2.75) is 38.3 Å². The summed E-state index contributed by atoms with van der Waals surface area (Å²) in [4.78, 5) is 7.70. The minimum Gasteiger partial charge on any atom is -0.371 e. The maximum absolute atomic E-state index is 3.58. The van der Waals surface area contributed by atoms with Crippen molar-refractivity contribution >= 4 is 18.1 Å². The van der Waals surface area contributed by atoms with Gasteiger partial charge in [-0.05, 0) is 76.0 Å². The van der Waals surface area contributed by atoms with E-state index in [9.17, 15) is 0 Å². The van der Waals surface area contributed by atoms with Crippen molar-refractivity contribution in [2.24, 2.45) is 5.41 Å². The fourth-order valence-electron chi connectivity index (χ4n) is 5.12. The van der Waals surface area contributed by atoms with Gasteiger partial charge in [-0.15, -0.1) is 12.4 Å². The van der Waals surface area contributed by atoms with E-state index in [0.717, 1.165) is 6.54 Å². The number of likely N-dealkylation sites (tertiary alicyclic amines) is 2. The smallest absolute Gasteiger partial charge is 0.0411 e. The van der Waals surface area contributed by atoms with Crippen LogP contribution in [0.5, 0.6) is 0 Å². The molecule has 3 fully saturated rings. The molecule has 1 aromatic rings. The van der Waals surface area contributed by atoms with Crippen LogP contribution in [0, 0.1) is 5.41 Å².